The molecule has 1 N–H and O–H groups in total. The predicted molar refractivity (Wildman–Crippen MR) is 88.4 cm³/mol. The quantitative estimate of drug-likeness (QED) is 0.892. The van der Waals surface area contributed by atoms with Crippen LogP contribution < -0.4 is 5.32 Å². The van der Waals surface area contributed by atoms with E-state index in [0.717, 1.165) is 25.7 Å². The van der Waals surface area contributed by atoms with Gasteiger partial charge in [-0.1, -0.05) is 0 Å². The van der Waals surface area contributed by atoms with Crippen LogP contribution in [0.4, 0.5) is 0 Å². The van der Waals surface area contributed by atoms with Crippen LogP contribution in [0.25, 0.3) is 10.8 Å². The Balaban J connectivity index is 1.62. The molecule has 0 bridgehead atoms. The van der Waals surface area contributed by atoms with E-state index in [1.807, 2.05) is 0 Å². The molecule has 1 atom stereocenters. The minimum Gasteiger partial charge on any atom is -0.354 e. The summed E-state index contributed by atoms with van der Waals surface area (Å²) in [6.07, 6.45) is 6.49. The van der Waals surface area contributed by atoms with Gasteiger partial charge in [0.2, 0.25) is 5.91 Å². The van der Waals surface area contributed by atoms with Crippen LogP contribution >= 0.6 is 11.3 Å². The lowest BCUT2D eigenvalue weighted by molar-refractivity contribution is -0.133. The van der Waals surface area contributed by atoms with E-state index in [2.05, 4.69) is 20.3 Å². The number of piperidine rings is 1. The normalized spacial score (nSPS) is 23.5. The third kappa shape index (κ3) is 2.37. The molecule has 2 aliphatic heterocycles. The molecule has 1 unspecified atom stereocenters. The highest BCUT2D eigenvalue weighted by molar-refractivity contribution is 7.13. The molecular weight excluding hydrogens is 326 g/mol. The lowest BCUT2D eigenvalue weighted by Crippen LogP contribution is -2.60. The second kappa shape index (κ2) is 5.94. The number of hydrogen-bond donors (Lipinski definition) is 1. The maximum absolute atomic E-state index is 13.0. The van der Waals surface area contributed by atoms with Crippen molar-refractivity contribution in [2.24, 2.45) is 0 Å². The molecule has 2 aromatic rings. The van der Waals surface area contributed by atoms with Gasteiger partial charge in [-0.15, -0.1) is 11.3 Å². The van der Waals surface area contributed by atoms with Crippen LogP contribution in [-0.4, -0.2) is 50.3 Å². The van der Waals surface area contributed by atoms with Gasteiger partial charge in [0.15, 0.2) is 10.8 Å². The highest BCUT2D eigenvalue weighted by atomic mass is 32.1. The predicted octanol–water partition coefficient (Wildman–Crippen LogP) is 1.48. The summed E-state index contributed by atoms with van der Waals surface area (Å²) in [4.78, 5) is 39.8. The van der Waals surface area contributed by atoms with E-state index in [4.69, 9.17) is 0 Å². The fourth-order valence-corrected chi connectivity index (χ4v) is 4.29. The van der Waals surface area contributed by atoms with Gasteiger partial charge in [0.1, 0.15) is 11.2 Å². The molecular formula is C16H17N5O2S. The summed E-state index contributed by atoms with van der Waals surface area (Å²) in [7, 11) is 0. The van der Waals surface area contributed by atoms with Crippen molar-refractivity contribution in [2.45, 2.75) is 31.2 Å². The SMILES string of the molecule is O=C(c1csc(-c2ncccn2)n1)N1CCCC12CCCNC2=O. The zero-order chi connectivity index (χ0) is 16.6. The molecule has 2 fully saturated rings. The average molecular weight is 343 g/mol. The maximum atomic E-state index is 13.0. The largest absolute Gasteiger partial charge is 0.354 e. The van der Waals surface area contributed by atoms with Gasteiger partial charge in [-0.3, -0.25) is 9.59 Å². The van der Waals surface area contributed by atoms with E-state index in [1.165, 1.54) is 11.3 Å². The number of hydrogen-bond acceptors (Lipinski definition) is 6. The number of nitrogens with one attached hydrogen (secondary N) is 1. The molecule has 0 aromatic carbocycles. The number of rotatable bonds is 2. The fraction of sp³-hybridized carbons (Fsp3) is 0.438. The topological polar surface area (TPSA) is 88.1 Å². The molecule has 24 heavy (non-hydrogen) atoms. The van der Waals surface area contributed by atoms with Crippen LogP contribution in [0.3, 0.4) is 0 Å². The first-order chi connectivity index (χ1) is 11.7. The Morgan fingerprint density at radius 2 is 2.04 bits per heavy atom. The van der Waals surface area contributed by atoms with E-state index in [0.29, 0.717) is 29.6 Å². The van der Waals surface area contributed by atoms with Gasteiger partial charge < -0.3 is 10.2 Å². The van der Waals surface area contributed by atoms with Gasteiger partial charge in [-0.25, -0.2) is 15.0 Å². The number of amides is 2. The Bertz CT molecular complexity index is 778. The maximum Gasteiger partial charge on any atom is 0.274 e. The standard InChI is InChI=1S/C16H17N5O2S/c22-14(11-10-24-13(20-11)12-17-7-3-8-18-12)21-9-2-5-16(21)4-1-6-19-15(16)23/h3,7-8,10H,1-2,4-6,9H2,(H,19,23). The lowest BCUT2D eigenvalue weighted by atomic mass is 9.86. The first-order valence-corrected chi connectivity index (χ1v) is 8.92. The molecule has 8 heteroatoms. The Morgan fingerprint density at radius 1 is 1.25 bits per heavy atom. The number of carbonyl (C=O) groups is 2. The number of nitrogens with zero attached hydrogens (tertiary/aromatic N) is 4. The van der Waals surface area contributed by atoms with Crippen molar-refractivity contribution >= 4 is 23.2 Å². The van der Waals surface area contributed by atoms with Crippen molar-refractivity contribution in [1.29, 1.82) is 0 Å². The second-order valence-electron chi connectivity index (χ2n) is 6.06. The van der Waals surface area contributed by atoms with Crippen LogP contribution in [0.1, 0.15) is 36.2 Å². The van der Waals surface area contributed by atoms with E-state index in [-0.39, 0.29) is 11.8 Å². The average Bonchev–Trinajstić information content (AvgIpc) is 3.26. The zero-order valence-electron chi connectivity index (χ0n) is 13.1. The lowest BCUT2D eigenvalue weighted by Gasteiger charge is -2.39. The van der Waals surface area contributed by atoms with Gasteiger partial charge in [-0.2, -0.15) is 0 Å². The molecule has 124 valence electrons. The fourth-order valence-electron chi connectivity index (χ4n) is 3.55. The van der Waals surface area contributed by atoms with Crippen molar-refractivity contribution in [3.05, 3.63) is 29.5 Å². The summed E-state index contributed by atoms with van der Waals surface area (Å²) in [5.74, 6) is 0.303. The molecule has 2 saturated heterocycles. The molecule has 0 saturated carbocycles. The minimum absolute atomic E-state index is 0.0264. The molecule has 2 amide bonds. The monoisotopic (exact) mass is 343 g/mol. The second-order valence-corrected chi connectivity index (χ2v) is 6.92. The van der Waals surface area contributed by atoms with Gasteiger partial charge >= 0.3 is 0 Å². The number of likely N-dealkylation sites (tertiary alicyclic amines) is 1. The van der Waals surface area contributed by atoms with Crippen molar-refractivity contribution in [3.63, 3.8) is 0 Å². The van der Waals surface area contributed by atoms with Gasteiger partial charge in [0.05, 0.1) is 0 Å². The van der Waals surface area contributed by atoms with E-state index < -0.39 is 5.54 Å². The summed E-state index contributed by atoms with van der Waals surface area (Å²) in [5, 5.41) is 5.25. The molecule has 2 aromatic heterocycles. The highest BCUT2D eigenvalue weighted by Crippen LogP contribution is 2.37. The number of thiazole rings is 1. The van der Waals surface area contributed by atoms with E-state index in [9.17, 15) is 9.59 Å². The summed E-state index contributed by atoms with van der Waals surface area (Å²) in [6.45, 7) is 1.29. The van der Waals surface area contributed by atoms with Gasteiger partial charge in [-0.05, 0) is 31.7 Å². The minimum atomic E-state index is -0.692. The van der Waals surface area contributed by atoms with Gasteiger partial charge in [0.25, 0.3) is 5.91 Å². The Kier molecular flexibility index (Phi) is 3.76. The smallest absolute Gasteiger partial charge is 0.274 e. The van der Waals surface area contributed by atoms with Crippen molar-refractivity contribution in [3.8, 4) is 10.8 Å². The summed E-state index contributed by atoms with van der Waals surface area (Å²) >= 11 is 1.34. The van der Waals surface area contributed by atoms with Crippen molar-refractivity contribution < 1.29 is 9.59 Å². The zero-order valence-corrected chi connectivity index (χ0v) is 13.9. The highest BCUT2D eigenvalue weighted by Gasteiger charge is 2.50. The van der Waals surface area contributed by atoms with Gasteiger partial charge in [0, 0.05) is 30.9 Å². The van der Waals surface area contributed by atoms with Crippen LogP contribution in [0.2, 0.25) is 0 Å². The first-order valence-electron chi connectivity index (χ1n) is 8.04. The van der Waals surface area contributed by atoms with Crippen LogP contribution in [0.15, 0.2) is 23.8 Å². The molecule has 7 nitrogen and oxygen atoms in total. The molecule has 0 aliphatic carbocycles. The Labute approximate surface area is 143 Å². The first kappa shape index (κ1) is 15.2. The van der Waals surface area contributed by atoms with Crippen LogP contribution in [0.5, 0.6) is 0 Å². The van der Waals surface area contributed by atoms with Crippen molar-refractivity contribution in [1.82, 2.24) is 25.2 Å². The molecule has 1 spiro atoms. The Morgan fingerprint density at radius 3 is 2.83 bits per heavy atom. The van der Waals surface area contributed by atoms with E-state index in [1.54, 1.807) is 28.7 Å². The molecule has 2 aliphatic rings. The van der Waals surface area contributed by atoms with E-state index >= 15 is 0 Å². The number of aromatic nitrogens is 3. The molecule has 0 radical (unpaired) electrons. The third-order valence-electron chi connectivity index (χ3n) is 4.69. The van der Waals surface area contributed by atoms with Crippen LogP contribution in [0, 0.1) is 0 Å². The third-order valence-corrected chi connectivity index (χ3v) is 5.53. The summed E-state index contributed by atoms with van der Waals surface area (Å²) < 4.78 is 0. The Hall–Kier alpha value is -2.35. The summed E-state index contributed by atoms with van der Waals surface area (Å²) in [5.41, 5.74) is -0.329. The molecule has 4 heterocycles. The number of carbonyl (C=O) groups excluding carboxylic acids is 2. The van der Waals surface area contributed by atoms with Crippen LogP contribution in [-0.2, 0) is 4.79 Å². The molecule has 4 rings (SSSR count). The van der Waals surface area contributed by atoms with Crippen molar-refractivity contribution in [2.75, 3.05) is 13.1 Å². The summed E-state index contributed by atoms with van der Waals surface area (Å²) in [6, 6.07) is 1.73.